The topological polar surface area (TPSA) is 60.5 Å². The first-order valence-electron chi connectivity index (χ1n) is 6.46. The van der Waals surface area contributed by atoms with Gasteiger partial charge < -0.3 is 14.8 Å². The summed E-state index contributed by atoms with van der Waals surface area (Å²) in [5.74, 6) is 1.15. The lowest BCUT2D eigenvalue weighted by Crippen LogP contribution is -2.18. The second-order valence-electron chi connectivity index (χ2n) is 4.65. The first-order chi connectivity index (χ1) is 10.1. The molecule has 5 nitrogen and oxygen atoms in total. The van der Waals surface area contributed by atoms with Crippen molar-refractivity contribution in [1.29, 1.82) is 0 Å². The highest BCUT2D eigenvalue weighted by atomic mass is 35.5. The van der Waals surface area contributed by atoms with Gasteiger partial charge in [-0.25, -0.2) is 4.98 Å². The van der Waals surface area contributed by atoms with E-state index in [1.165, 1.54) is 0 Å². The minimum Gasteiger partial charge on any atom is -0.486 e. The zero-order valence-corrected chi connectivity index (χ0v) is 12.1. The largest absolute Gasteiger partial charge is 0.486 e. The Kier molecular flexibility index (Phi) is 3.66. The van der Waals surface area contributed by atoms with Gasteiger partial charge in [-0.1, -0.05) is 11.6 Å². The van der Waals surface area contributed by atoms with Crippen LogP contribution in [-0.2, 0) is 0 Å². The molecule has 2 aromatic rings. The molecule has 1 aliphatic rings. The van der Waals surface area contributed by atoms with Gasteiger partial charge in [0, 0.05) is 11.8 Å². The van der Waals surface area contributed by atoms with E-state index in [0.717, 1.165) is 5.56 Å². The molecule has 0 spiro atoms. The van der Waals surface area contributed by atoms with E-state index in [0.29, 0.717) is 41.1 Å². The highest BCUT2D eigenvalue weighted by molar-refractivity contribution is 6.32. The van der Waals surface area contributed by atoms with Crippen LogP contribution in [0.1, 0.15) is 15.9 Å². The van der Waals surface area contributed by atoms with Crippen molar-refractivity contribution in [2.24, 2.45) is 0 Å². The average Bonchev–Trinajstić information content (AvgIpc) is 2.47. The van der Waals surface area contributed by atoms with E-state index >= 15 is 0 Å². The average molecular weight is 305 g/mol. The molecule has 108 valence electrons. The van der Waals surface area contributed by atoms with E-state index in [2.05, 4.69) is 10.3 Å². The number of benzene rings is 1. The van der Waals surface area contributed by atoms with Crippen LogP contribution in [0, 0.1) is 6.92 Å². The second-order valence-corrected chi connectivity index (χ2v) is 5.06. The molecule has 6 heteroatoms. The Balaban J connectivity index is 1.86. The molecule has 21 heavy (non-hydrogen) atoms. The first-order valence-corrected chi connectivity index (χ1v) is 6.84. The Morgan fingerprint density at radius 2 is 2.10 bits per heavy atom. The molecule has 0 radical (unpaired) electrons. The van der Waals surface area contributed by atoms with Crippen molar-refractivity contribution in [3.05, 3.63) is 46.6 Å². The third kappa shape index (κ3) is 2.92. The first kappa shape index (κ1) is 13.7. The predicted molar refractivity (Wildman–Crippen MR) is 79.4 cm³/mol. The molecule has 0 unspecified atom stereocenters. The minimum absolute atomic E-state index is 0.299. The molecule has 3 rings (SSSR count). The monoisotopic (exact) mass is 304 g/mol. The summed E-state index contributed by atoms with van der Waals surface area (Å²) in [7, 11) is 0. The summed E-state index contributed by atoms with van der Waals surface area (Å²) in [6.45, 7) is 2.82. The number of halogens is 1. The van der Waals surface area contributed by atoms with Gasteiger partial charge in [0.15, 0.2) is 11.5 Å². The number of carbonyl (C=O) groups excluding carboxylic acids is 1. The zero-order valence-electron chi connectivity index (χ0n) is 11.4. The highest BCUT2D eigenvalue weighted by Gasteiger charge is 2.19. The molecule has 1 N–H and O–H groups in total. The van der Waals surface area contributed by atoms with Crippen molar-refractivity contribution in [3.8, 4) is 11.5 Å². The predicted octanol–water partition coefficient (Wildman–Crippen LogP) is 3.07. The van der Waals surface area contributed by atoms with Crippen molar-refractivity contribution in [1.82, 2.24) is 4.98 Å². The van der Waals surface area contributed by atoms with Crippen LogP contribution in [0.3, 0.4) is 0 Å². The molecule has 0 bridgehead atoms. The van der Waals surface area contributed by atoms with E-state index in [1.807, 2.05) is 13.0 Å². The van der Waals surface area contributed by atoms with Crippen molar-refractivity contribution < 1.29 is 14.3 Å². The van der Waals surface area contributed by atoms with Gasteiger partial charge in [-0.2, -0.15) is 0 Å². The van der Waals surface area contributed by atoms with Gasteiger partial charge in [0.05, 0.1) is 5.02 Å². The maximum atomic E-state index is 12.3. The lowest BCUT2D eigenvalue weighted by atomic mass is 10.1. The number of hydrogen-bond acceptors (Lipinski definition) is 4. The normalized spacial score (nSPS) is 12.9. The number of carbonyl (C=O) groups is 1. The van der Waals surface area contributed by atoms with Crippen LogP contribution in [-0.4, -0.2) is 24.1 Å². The Morgan fingerprint density at radius 1 is 1.29 bits per heavy atom. The number of hydrogen-bond donors (Lipinski definition) is 1. The zero-order chi connectivity index (χ0) is 14.8. The van der Waals surface area contributed by atoms with Crippen molar-refractivity contribution in [2.45, 2.75) is 6.92 Å². The molecule has 1 aliphatic heterocycles. The molecule has 1 aromatic heterocycles. The Hall–Kier alpha value is -2.27. The smallest absolute Gasteiger partial charge is 0.257 e. The van der Waals surface area contributed by atoms with E-state index in [4.69, 9.17) is 21.1 Å². The van der Waals surface area contributed by atoms with Crippen LogP contribution in [0.2, 0.25) is 5.02 Å². The maximum Gasteiger partial charge on any atom is 0.257 e. The standard InChI is InChI=1S/C15H13ClN2O3/c1-9-2-3-17-13(6-9)18-15(19)10-7-11(16)14-12(8-10)20-4-5-21-14/h2-3,6-8H,4-5H2,1H3,(H,17,18,19). The Bertz CT molecular complexity index is 703. The van der Waals surface area contributed by atoms with Gasteiger partial charge in [-0.15, -0.1) is 0 Å². The number of anilines is 1. The van der Waals surface area contributed by atoms with Gasteiger partial charge in [0.2, 0.25) is 0 Å². The van der Waals surface area contributed by atoms with Gasteiger partial charge >= 0.3 is 0 Å². The van der Waals surface area contributed by atoms with Crippen LogP contribution in [0.4, 0.5) is 5.82 Å². The highest BCUT2D eigenvalue weighted by Crippen LogP contribution is 2.38. The summed E-state index contributed by atoms with van der Waals surface area (Å²) in [5, 5.41) is 3.08. The maximum absolute atomic E-state index is 12.3. The Morgan fingerprint density at radius 3 is 2.90 bits per heavy atom. The summed E-state index contributed by atoms with van der Waals surface area (Å²) < 4.78 is 10.9. The quantitative estimate of drug-likeness (QED) is 0.926. The van der Waals surface area contributed by atoms with Gasteiger partial charge in [0.25, 0.3) is 5.91 Å². The molecular weight excluding hydrogens is 292 g/mol. The summed E-state index contributed by atoms with van der Waals surface area (Å²) in [4.78, 5) is 16.4. The summed E-state index contributed by atoms with van der Waals surface area (Å²) in [6.07, 6.45) is 1.64. The van der Waals surface area contributed by atoms with Crippen molar-refractivity contribution >= 4 is 23.3 Å². The fourth-order valence-electron chi connectivity index (χ4n) is 2.03. The van der Waals surface area contributed by atoms with Gasteiger partial charge in [0.1, 0.15) is 19.0 Å². The van der Waals surface area contributed by atoms with Crippen LogP contribution in [0.15, 0.2) is 30.5 Å². The summed E-state index contributed by atoms with van der Waals surface area (Å²) in [6, 6.07) is 6.82. The van der Waals surface area contributed by atoms with Crippen LogP contribution in [0.5, 0.6) is 11.5 Å². The third-order valence-corrected chi connectivity index (χ3v) is 3.30. The van der Waals surface area contributed by atoms with Gasteiger partial charge in [-0.3, -0.25) is 4.79 Å². The number of nitrogens with zero attached hydrogens (tertiary/aromatic N) is 1. The molecule has 0 saturated heterocycles. The number of aromatic nitrogens is 1. The number of pyridine rings is 1. The van der Waals surface area contributed by atoms with Crippen LogP contribution < -0.4 is 14.8 Å². The summed E-state index contributed by atoms with van der Waals surface area (Å²) >= 11 is 6.12. The number of nitrogens with one attached hydrogen (secondary N) is 1. The molecular formula is C15H13ClN2O3. The lowest BCUT2D eigenvalue weighted by Gasteiger charge is -2.20. The Labute approximate surface area is 126 Å². The molecule has 1 amide bonds. The third-order valence-electron chi connectivity index (χ3n) is 3.02. The van der Waals surface area contributed by atoms with E-state index in [-0.39, 0.29) is 5.91 Å². The second kappa shape index (κ2) is 5.61. The SMILES string of the molecule is Cc1ccnc(NC(=O)c2cc(Cl)c3c(c2)OCCO3)c1. The molecule has 0 saturated carbocycles. The summed E-state index contributed by atoms with van der Waals surface area (Å²) in [5.41, 5.74) is 1.41. The fourth-order valence-corrected chi connectivity index (χ4v) is 2.30. The van der Waals surface area contributed by atoms with Crippen LogP contribution in [0.25, 0.3) is 0 Å². The molecule has 1 aromatic carbocycles. The number of aryl methyl sites for hydroxylation is 1. The molecule has 2 heterocycles. The number of rotatable bonds is 2. The van der Waals surface area contributed by atoms with Gasteiger partial charge in [-0.05, 0) is 36.8 Å². The van der Waals surface area contributed by atoms with Crippen molar-refractivity contribution in [2.75, 3.05) is 18.5 Å². The molecule has 0 aliphatic carbocycles. The minimum atomic E-state index is -0.299. The van der Waals surface area contributed by atoms with E-state index < -0.39 is 0 Å². The number of fused-ring (bicyclic) bond motifs is 1. The lowest BCUT2D eigenvalue weighted by molar-refractivity contribution is 0.102. The van der Waals surface area contributed by atoms with Crippen LogP contribution >= 0.6 is 11.6 Å². The van der Waals surface area contributed by atoms with E-state index in [1.54, 1.807) is 24.4 Å². The molecule has 0 fully saturated rings. The molecule has 0 atom stereocenters. The number of ether oxygens (including phenoxy) is 2. The van der Waals surface area contributed by atoms with E-state index in [9.17, 15) is 4.79 Å². The van der Waals surface area contributed by atoms with Crippen molar-refractivity contribution in [3.63, 3.8) is 0 Å². The number of amides is 1. The fraction of sp³-hybridized carbons (Fsp3) is 0.200.